The molecule has 0 bridgehead atoms. The van der Waals surface area contributed by atoms with Crippen LogP contribution < -0.4 is 40.4 Å². The summed E-state index contributed by atoms with van der Waals surface area (Å²) in [6.07, 6.45) is 0. The number of anilines is 1. The van der Waals surface area contributed by atoms with Crippen LogP contribution >= 0.6 is 34.9 Å². The van der Waals surface area contributed by atoms with Crippen molar-refractivity contribution in [3.8, 4) is 11.4 Å². The molecule has 5 rings (SSSR count). The van der Waals surface area contributed by atoms with Gasteiger partial charge in [-0.2, -0.15) is 0 Å². The minimum absolute atomic E-state index is 0. The molecular weight excluding hydrogens is 587 g/mol. The zero-order valence-corrected chi connectivity index (χ0v) is 26.0. The molecule has 202 valence electrons. The van der Waals surface area contributed by atoms with Crippen LogP contribution in [0.5, 0.6) is 0 Å². The predicted molar refractivity (Wildman–Crippen MR) is 146 cm³/mol. The molecule has 17 heteroatoms. The van der Waals surface area contributed by atoms with Crippen LogP contribution in [0.15, 0.2) is 62.3 Å². The van der Waals surface area contributed by atoms with E-state index in [1.165, 1.54) is 40.9 Å². The van der Waals surface area contributed by atoms with Gasteiger partial charge in [-0.15, -0.1) is 33.3 Å². The summed E-state index contributed by atoms with van der Waals surface area (Å²) in [5, 5.41) is 36.8. The van der Waals surface area contributed by atoms with E-state index >= 15 is 0 Å². The normalized spacial score (nSPS) is 19.1. The summed E-state index contributed by atoms with van der Waals surface area (Å²) in [5.74, 6) is -1.29. The fraction of sp³-hybridized carbons (Fsp3) is 0.261. The van der Waals surface area contributed by atoms with Crippen molar-refractivity contribution in [1.29, 1.82) is 0 Å². The van der Waals surface area contributed by atoms with Crippen molar-refractivity contribution in [2.45, 2.75) is 16.6 Å². The zero-order valence-electron chi connectivity index (χ0n) is 21.5. The van der Waals surface area contributed by atoms with Crippen LogP contribution in [0.4, 0.5) is 5.13 Å². The van der Waals surface area contributed by atoms with Gasteiger partial charge in [-0.05, 0) is 5.57 Å². The van der Waals surface area contributed by atoms with Crippen molar-refractivity contribution >= 4 is 63.5 Å². The van der Waals surface area contributed by atoms with Crippen molar-refractivity contribution in [1.82, 2.24) is 24.6 Å². The number of fused-ring (bicyclic) bond motifs is 1. The van der Waals surface area contributed by atoms with E-state index in [-0.39, 0.29) is 51.8 Å². The number of benzene rings is 1. The quantitative estimate of drug-likeness (QED) is 0.0687. The molecule has 0 aliphatic carbocycles. The number of aliphatic imine (C=N–C) groups is 1. The molecule has 13 nitrogen and oxygen atoms in total. The molecule has 1 amide bonds. The number of oxime groups is 1. The fourth-order valence-corrected chi connectivity index (χ4v) is 6.99. The number of β-lactam (4-membered cyclic amide) rings is 1. The molecule has 2 aliphatic heterocycles. The van der Waals surface area contributed by atoms with Crippen LogP contribution in [0.3, 0.4) is 0 Å². The summed E-state index contributed by atoms with van der Waals surface area (Å²) in [5.41, 5.74) is 7.01. The smallest absolute Gasteiger partial charge is 0.857 e. The van der Waals surface area contributed by atoms with E-state index in [1.54, 1.807) is 0 Å². The van der Waals surface area contributed by atoms with Crippen LogP contribution in [0.25, 0.3) is 11.4 Å². The van der Waals surface area contributed by atoms with E-state index in [1.807, 2.05) is 41.9 Å². The maximum Gasteiger partial charge on any atom is 1.00 e. The standard InChI is InChI=1S/C23H22N8O5S3.Na/c1-30-17(11-6-4-3-5-7-11)27-28-23(30)39-9-12-8-37-20-15(19(33)31(20)16(12)21(34)35)26-18(32)14(29-36-2)13-10-38-22(24)25-13;/h3-7,10,15,20H,8-9H2,1-2H3,(H2,24,25)(H,26,32)(H,34,35);/q;+1/p-1/b29-14-;/t15-,20-;/m1./s1. The van der Waals surface area contributed by atoms with E-state index < -0.39 is 29.2 Å². The van der Waals surface area contributed by atoms with Crippen LogP contribution in [-0.2, 0) is 21.5 Å². The van der Waals surface area contributed by atoms with E-state index in [0.717, 1.165) is 16.9 Å². The number of nitrogens with two attached hydrogens (primary N) is 1. The first-order chi connectivity index (χ1) is 18.8. The number of carboxylic acid groups (broad SMARTS) is 1. The molecule has 2 aromatic heterocycles. The van der Waals surface area contributed by atoms with Crippen molar-refractivity contribution in [2.24, 2.45) is 17.2 Å². The number of hydrogen-bond acceptors (Lipinski definition) is 13. The number of aromatic nitrogens is 4. The van der Waals surface area contributed by atoms with Crippen LogP contribution in [0.1, 0.15) is 5.69 Å². The fourth-order valence-electron chi connectivity index (χ4n) is 4.06. The molecule has 2 aliphatic rings. The molecule has 40 heavy (non-hydrogen) atoms. The van der Waals surface area contributed by atoms with Crippen LogP contribution in [0, 0.1) is 0 Å². The third kappa shape index (κ3) is 5.77. The Morgan fingerprint density at radius 1 is 1.32 bits per heavy atom. The Labute approximate surface area is 262 Å². The number of nitrogen functional groups attached to an aromatic ring is 1. The molecule has 1 aromatic carbocycles. The number of nitrogens with zero attached hydrogens (tertiary/aromatic N) is 7. The Morgan fingerprint density at radius 3 is 2.73 bits per heavy atom. The maximum atomic E-state index is 13.0. The van der Waals surface area contributed by atoms with E-state index in [0.29, 0.717) is 28.1 Å². The van der Waals surface area contributed by atoms with Crippen molar-refractivity contribution < 1.29 is 54.2 Å². The molecule has 0 unspecified atom stereocenters. The first-order valence-electron chi connectivity index (χ1n) is 11.4. The molecule has 0 saturated carbocycles. The number of rotatable bonds is 9. The minimum atomic E-state index is -1.23. The van der Waals surface area contributed by atoms with Gasteiger partial charge in [0.2, 0.25) is 0 Å². The third-order valence-corrected chi connectivity index (χ3v) is 8.98. The number of aliphatic carboxylic acids is 1. The van der Waals surface area contributed by atoms with Gasteiger partial charge in [-0.1, -0.05) is 47.2 Å². The van der Waals surface area contributed by atoms with Gasteiger partial charge in [-0.25, -0.2) is 9.78 Å². The third-order valence-electron chi connectivity index (χ3n) is 5.87. The second kappa shape index (κ2) is 12.7. The Morgan fingerprint density at radius 2 is 2.08 bits per heavy atom. The number of amides is 1. The van der Waals surface area contributed by atoms with E-state index in [9.17, 15) is 19.8 Å². The van der Waals surface area contributed by atoms with Crippen molar-refractivity contribution in [2.75, 3.05) is 24.3 Å². The Kier molecular flexibility index (Phi) is 9.58. The summed E-state index contributed by atoms with van der Waals surface area (Å²) in [4.78, 5) is 39.2. The van der Waals surface area contributed by atoms with Gasteiger partial charge < -0.3 is 25.4 Å². The van der Waals surface area contributed by atoms with Crippen LogP contribution in [-0.4, -0.2) is 83.3 Å². The van der Waals surface area contributed by atoms with Crippen molar-refractivity contribution in [3.63, 3.8) is 0 Å². The van der Waals surface area contributed by atoms with Crippen molar-refractivity contribution in [3.05, 3.63) is 52.7 Å². The molecule has 4 heterocycles. The van der Waals surface area contributed by atoms with Gasteiger partial charge >= 0.3 is 35.5 Å². The van der Waals surface area contributed by atoms with Gasteiger partial charge in [0.05, 0.1) is 0 Å². The summed E-state index contributed by atoms with van der Waals surface area (Å²) in [7, 11) is 3.11. The Hall–Kier alpha value is -2.89. The summed E-state index contributed by atoms with van der Waals surface area (Å²) in [6, 6.07) is 8.54. The molecule has 0 spiro atoms. The minimum Gasteiger partial charge on any atom is -0.857 e. The van der Waals surface area contributed by atoms with Gasteiger partial charge in [0.1, 0.15) is 29.6 Å². The number of carbonyl (C=O) groups excluding carboxylic acids is 1. The Bertz CT molecular complexity index is 1520. The summed E-state index contributed by atoms with van der Waals surface area (Å²) >= 11 is 3.79. The number of hydrogen-bond donors (Lipinski definition) is 2. The molecule has 1 fully saturated rings. The topological polar surface area (TPSA) is 184 Å². The number of carboxylic acids is 1. The average molecular weight is 609 g/mol. The molecule has 0 radical (unpaired) electrons. The van der Waals surface area contributed by atoms with Gasteiger partial charge in [0, 0.05) is 35.4 Å². The number of carbonyl (C=O) groups is 2. The molecule has 3 N–H and O–H groups in total. The monoisotopic (exact) mass is 608 g/mol. The molecular formula is C23H21N8NaO5S3. The number of thiazole rings is 1. The molecule has 1 saturated heterocycles. The second-order valence-corrected chi connectivity index (χ2v) is 11.2. The largest absolute Gasteiger partial charge is 1.00 e. The number of thioether (sulfide) groups is 2. The maximum absolute atomic E-state index is 13.0. The predicted octanol–water partition coefficient (Wildman–Crippen LogP) is -1.95. The second-order valence-electron chi connectivity index (χ2n) is 8.26. The first-order valence-corrected chi connectivity index (χ1v) is 14.3. The SMILES string of the molecule is CO/N=C(\C([O-])=N[C@@H]1C(=O)N2C(C(=O)O)=C(CSc3nnc(-c4ccccc4)n3C)CS[C@H]12)c1csc(N)n1.[Na+]. The van der Waals surface area contributed by atoms with Crippen LogP contribution in [0.2, 0.25) is 0 Å². The molecule has 2 atom stereocenters. The zero-order chi connectivity index (χ0) is 27.7. The Balaban J connectivity index is 0.00000370. The first kappa shape index (κ1) is 30.1. The van der Waals surface area contributed by atoms with Gasteiger partial charge in [0.25, 0.3) is 5.91 Å². The van der Waals surface area contributed by atoms with Gasteiger partial charge in [0.15, 0.2) is 22.2 Å². The average Bonchev–Trinajstić information content (AvgIpc) is 3.53. The van der Waals surface area contributed by atoms with E-state index in [4.69, 9.17) is 10.6 Å². The summed E-state index contributed by atoms with van der Waals surface area (Å²) in [6.45, 7) is 0. The van der Waals surface area contributed by atoms with Gasteiger partial charge in [-0.3, -0.25) is 14.7 Å². The molecule has 3 aromatic rings. The summed E-state index contributed by atoms with van der Waals surface area (Å²) < 4.78 is 1.84. The van der Waals surface area contributed by atoms with E-state index in [2.05, 4.69) is 25.3 Å².